The highest BCUT2D eigenvalue weighted by atomic mass is 32.1. The minimum absolute atomic E-state index is 0.666. The van der Waals surface area contributed by atoms with Gasteiger partial charge in [-0.3, -0.25) is 15.1 Å². The second-order valence-electron chi connectivity index (χ2n) is 7.63. The Hall–Kier alpha value is -4.11. The van der Waals surface area contributed by atoms with Crippen LogP contribution in [0.15, 0.2) is 60.5 Å². The van der Waals surface area contributed by atoms with Crippen LogP contribution in [0, 0.1) is 0 Å². The lowest BCUT2D eigenvalue weighted by Gasteiger charge is -2.12. The lowest BCUT2D eigenvalue weighted by molar-refractivity contribution is 1.10. The van der Waals surface area contributed by atoms with Gasteiger partial charge in [-0.25, -0.2) is 9.97 Å². The summed E-state index contributed by atoms with van der Waals surface area (Å²) in [5, 5.41) is 10.6. The van der Waals surface area contributed by atoms with E-state index in [1.54, 1.807) is 23.7 Å². The number of H-pyrrole nitrogens is 2. The first-order chi connectivity index (χ1) is 15.7. The summed E-state index contributed by atoms with van der Waals surface area (Å²) in [6, 6.07) is 10.2. The molecule has 0 aliphatic carbocycles. The molecule has 0 atom stereocenters. The number of fused-ring (bicyclic) bond motifs is 2. The van der Waals surface area contributed by atoms with E-state index >= 15 is 0 Å². The summed E-state index contributed by atoms with van der Waals surface area (Å²) in [5.41, 5.74) is 7.00. The lowest BCUT2D eigenvalue weighted by atomic mass is 10.1. The van der Waals surface area contributed by atoms with Crippen LogP contribution in [0.2, 0.25) is 0 Å². The van der Waals surface area contributed by atoms with Crippen LogP contribution in [0.4, 0.5) is 5.69 Å². The van der Waals surface area contributed by atoms with E-state index < -0.39 is 0 Å². The van der Waals surface area contributed by atoms with Gasteiger partial charge in [-0.05, 0) is 29.6 Å². The van der Waals surface area contributed by atoms with Gasteiger partial charge in [0.25, 0.3) is 0 Å². The molecule has 8 nitrogen and oxygen atoms in total. The summed E-state index contributed by atoms with van der Waals surface area (Å²) < 4.78 is 0. The van der Waals surface area contributed by atoms with Crippen LogP contribution in [0.5, 0.6) is 0 Å². The molecule has 9 heteroatoms. The Morgan fingerprint density at radius 1 is 1.03 bits per heavy atom. The van der Waals surface area contributed by atoms with Crippen LogP contribution in [0.25, 0.3) is 55.3 Å². The van der Waals surface area contributed by atoms with Crippen LogP contribution >= 0.6 is 11.3 Å². The highest BCUT2D eigenvalue weighted by molar-refractivity contribution is 7.13. The molecule has 0 fully saturated rings. The van der Waals surface area contributed by atoms with Gasteiger partial charge in [0.15, 0.2) is 11.5 Å². The van der Waals surface area contributed by atoms with Gasteiger partial charge in [-0.15, -0.1) is 11.3 Å². The average molecular weight is 439 g/mol. The van der Waals surface area contributed by atoms with Gasteiger partial charge < -0.3 is 9.88 Å². The van der Waals surface area contributed by atoms with E-state index in [1.165, 1.54) is 4.88 Å². The molecule has 0 aliphatic rings. The summed E-state index contributed by atoms with van der Waals surface area (Å²) >= 11 is 1.69. The Morgan fingerprint density at radius 2 is 1.97 bits per heavy atom. The number of rotatable bonds is 4. The first-order valence-electron chi connectivity index (χ1n) is 10.0. The van der Waals surface area contributed by atoms with E-state index in [0.717, 1.165) is 44.6 Å². The molecular weight excluding hydrogens is 420 g/mol. The number of nitrogens with one attached hydrogen (secondary N) is 2. The molecule has 156 valence electrons. The molecular formula is C23H18N8S. The van der Waals surface area contributed by atoms with Crippen molar-refractivity contribution >= 4 is 39.1 Å². The van der Waals surface area contributed by atoms with Crippen LogP contribution in [0.3, 0.4) is 0 Å². The summed E-state index contributed by atoms with van der Waals surface area (Å²) in [7, 11) is 3.98. The zero-order valence-electron chi connectivity index (χ0n) is 17.4. The van der Waals surface area contributed by atoms with Crippen molar-refractivity contribution in [2.45, 2.75) is 0 Å². The molecule has 0 saturated heterocycles. The van der Waals surface area contributed by atoms with Gasteiger partial charge in [0.1, 0.15) is 5.69 Å². The standard InChI is InChI=1S/C23H18N8S/c1-31(2)14-8-13(10-24-11-14)17-9-16-18(12-26-17)29-30-21(16)23-27-20-15(19-4-3-7-32-19)5-6-25-22(20)28-23/h3-12H,1-2H3,(H,29,30)(H,25,27,28). The van der Waals surface area contributed by atoms with E-state index in [2.05, 4.69) is 47.6 Å². The maximum atomic E-state index is 4.73. The zero-order valence-corrected chi connectivity index (χ0v) is 18.2. The van der Waals surface area contributed by atoms with E-state index in [9.17, 15) is 0 Å². The summed E-state index contributed by atoms with van der Waals surface area (Å²) in [6.07, 6.45) is 7.23. The molecule has 6 heterocycles. The third-order valence-corrected chi connectivity index (χ3v) is 6.29. The Balaban J connectivity index is 1.49. The van der Waals surface area contributed by atoms with Gasteiger partial charge in [0.2, 0.25) is 0 Å². The molecule has 0 amide bonds. The summed E-state index contributed by atoms with van der Waals surface area (Å²) in [5.74, 6) is 0.667. The molecule has 6 rings (SSSR count). The first kappa shape index (κ1) is 18.6. The van der Waals surface area contributed by atoms with Crippen molar-refractivity contribution in [1.82, 2.24) is 35.1 Å². The Labute approximate surface area is 187 Å². The topological polar surface area (TPSA) is 99.3 Å². The van der Waals surface area contributed by atoms with Gasteiger partial charge in [-0.2, -0.15) is 5.10 Å². The van der Waals surface area contributed by atoms with Crippen molar-refractivity contribution in [3.8, 4) is 33.2 Å². The highest BCUT2D eigenvalue weighted by Gasteiger charge is 2.17. The fourth-order valence-corrected chi connectivity index (χ4v) is 4.49. The second kappa shape index (κ2) is 7.24. The van der Waals surface area contributed by atoms with E-state index in [0.29, 0.717) is 11.5 Å². The van der Waals surface area contributed by atoms with E-state index in [1.807, 2.05) is 49.6 Å². The molecule has 6 aromatic heterocycles. The van der Waals surface area contributed by atoms with Crippen molar-refractivity contribution in [3.63, 3.8) is 0 Å². The lowest BCUT2D eigenvalue weighted by Crippen LogP contribution is -2.08. The van der Waals surface area contributed by atoms with Gasteiger partial charge >= 0.3 is 0 Å². The van der Waals surface area contributed by atoms with E-state index in [4.69, 9.17) is 4.98 Å². The molecule has 32 heavy (non-hydrogen) atoms. The molecule has 0 radical (unpaired) electrons. The number of thiophene rings is 1. The second-order valence-corrected chi connectivity index (χ2v) is 8.58. The highest BCUT2D eigenvalue weighted by Crippen LogP contribution is 2.33. The maximum absolute atomic E-state index is 4.73. The predicted octanol–water partition coefficient (Wildman–Crippen LogP) is 4.75. The minimum Gasteiger partial charge on any atom is -0.376 e. The summed E-state index contributed by atoms with van der Waals surface area (Å²) in [4.78, 5) is 24.8. The number of pyridine rings is 3. The third kappa shape index (κ3) is 3.02. The third-order valence-electron chi connectivity index (χ3n) is 5.39. The van der Waals surface area contributed by atoms with Crippen LogP contribution < -0.4 is 4.90 Å². The smallest absolute Gasteiger partial charge is 0.178 e. The number of anilines is 1. The molecule has 0 aromatic carbocycles. The van der Waals surface area contributed by atoms with Crippen LogP contribution in [0.1, 0.15) is 0 Å². The number of hydrogen-bond donors (Lipinski definition) is 2. The van der Waals surface area contributed by atoms with Crippen molar-refractivity contribution in [2.24, 2.45) is 0 Å². The largest absolute Gasteiger partial charge is 0.376 e. The Kier molecular flexibility index (Phi) is 4.22. The maximum Gasteiger partial charge on any atom is 0.178 e. The van der Waals surface area contributed by atoms with Crippen molar-refractivity contribution in [3.05, 3.63) is 60.5 Å². The van der Waals surface area contributed by atoms with Crippen LogP contribution in [-0.4, -0.2) is 49.2 Å². The van der Waals surface area contributed by atoms with Gasteiger partial charge in [0.05, 0.1) is 34.8 Å². The minimum atomic E-state index is 0.666. The molecule has 6 aromatic rings. The van der Waals surface area contributed by atoms with E-state index in [-0.39, 0.29) is 0 Å². The SMILES string of the molecule is CN(C)c1cncc(-c2cc3c(-c4nc5nccc(-c6cccs6)c5[nH]4)n[nH]c3cn2)c1. The fraction of sp³-hybridized carbons (Fsp3) is 0.0870. The number of aromatic nitrogens is 7. The summed E-state index contributed by atoms with van der Waals surface area (Å²) in [6.45, 7) is 0. The number of aromatic amines is 2. The fourth-order valence-electron chi connectivity index (χ4n) is 3.73. The first-order valence-corrected chi connectivity index (χ1v) is 10.9. The van der Waals surface area contributed by atoms with Crippen molar-refractivity contribution in [2.75, 3.05) is 19.0 Å². The molecule has 0 bridgehead atoms. The van der Waals surface area contributed by atoms with Crippen molar-refractivity contribution < 1.29 is 0 Å². The van der Waals surface area contributed by atoms with Gasteiger partial charge in [-0.1, -0.05) is 6.07 Å². The molecule has 0 spiro atoms. The normalized spacial score (nSPS) is 11.4. The number of nitrogens with zero attached hydrogens (tertiary/aromatic N) is 6. The number of imidazole rings is 1. The predicted molar refractivity (Wildman–Crippen MR) is 128 cm³/mol. The van der Waals surface area contributed by atoms with Crippen LogP contribution in [-0.2, 0) is 0 Å². The monoisotopic (exact) mass is 438 g/mol. The molecule has 0 unspecified atom stereocenters. The zero-order chi connectivity index (χ0) is 21.7. The Bertz CT molecular complexity index is 1560. The quantitative estimate of drug-likeness (QED) is 0.412. The van der Waals surface area contributed by atoms with Gasteiger partial charge in [0, 0.05) is 47.9 Å². The Morgan fingerprint density at radius 3 is 2.81 bits per heavy atom. The average Bonchev–Trinajstić information content (AvgIpc) is 3.57. The number of hydrogen-bond acceptors (Lipinski definition) is 7. The molecule has 0 saturated carbocycles. The molecule has 0 aliphatic heterocycles. The molecule has 2 N–H and O–H groups in total. The van der Waals surface area contributed by atoms with Crippen molar-refractivity contribution in [1.29, 1.82) is 0 Å².